The first-order valence-electron chi connectivity index (χ1n) is 6.25. The molecule has 1 aromatic heterocycles. The standard InChI is InChI=1S/C12H19N3OS.ClH/c13-8-11-14-10(9-17-11)12(16)15-6-4-2-1-3-5-7-15;/h9H,1-8,13H2;1H. The Hall–Kier alpha value is -0.650. The smallest absolute Gasteiger partial charge is 0.273 e. The van der Waals surface area contributed by atoms with Crippen LogP contribution in [-0.4, -0.2) is 28.9 Å². The highest BCUT2D eigenvalue weighted by atomic mass is 35.5. The summed E-state index contributed by atoms with van der Waals surface area (Å²) < 4.78 is 0. The number of thiazole rings is 1. The number of amides is 1. The van der Waals surface area contributed by atoms with Crippen molar-refractivity contribution in [1.82, 2.24) is 9.88 Å². The molecule has 0 spiro atoms. The summed E-state index contributed by atoms with van der Waals surface area (Å²) in [5.41, 5.74) is 6.08. The average molecular weight is 290 g/mol. The molecule has 0 bridgehead atoms. The Labute approximate surface area is 118 Å². The molecule has 1 fully saturated rings. The van der Waals surface area contributed by atoms with Crippen LogP contribution in [0.5, 0.6) is 0 Å². The third-order valence-corrected chi connectivity index (χ3v) is 3.96. The highest BCUT2D eigenvalue weighted by molar-refractivity contribution is 7.09. The molecule has 6 heteroatoms. The van der Waals surface area contributed by atoms with E-state index < -0.39 is 0 Å². The van der Waals surface area contributed by atoms with Gasteiger partial charge in [0.1, 0.15) is 10.7 Å². The van der Waals surface area contributed by atoms with Crippen molar-refractivity contribution in [2.45, 2.75) is 38.6 Å². The van der Waals surface area contributed by atoms with Crippen molar-refractivity contribution in [3.63, 3.8) is 0 Å². The van der Waals surface area contributed by atoms with Crippen molar-refractivity contribution in [2.75, 3.05) is 13.1 Å². The zero-order valence-corrected chi connectivity index (χ0v) is 12.1. The Balaban J connectivity index is 0.00000162. The van der Waals surface area contributed by atoms with Crippen LogP contribution in [-0.2, 0) is 6.54 Å². The minimum absolute atomic E-state index is 0. The first-order chi connectivity index (χ1) is 8.31. The van der Waals surface area contributed by atoms with Crippen LogP contribution >= 0.6 is 23.7 Å². The number of hydrogen-bond acceptors (Lipinski definition) is 4. The van der Waals surface area contributed by atoms with Crippen molar-refractivity contribution >= 4 is 29.7 Å². The van der Waals surface area contributed by atoms with E-state index in [0.29, 0.717) is 12.2 Å². The lowest BCUT2D eigenvalue weighted by Crippen LogP contribution is -2.34. The summed E-state index contributed by atoms with van der Waals surface area (Å²) in [6.07, 6.45) is 5.99. The second-order valence-corrected chi connectivity index (χ2v) is 5.33. The van der Waals surface area contributed by atoms with E-state index in [1.54, 1.807) is 0 Å². The second-order valence-electron chi connectivity index (χ2n) is 4.39. The summed E-state index contributed by atoms with van der Waals surface area (Å²) in [7, 11) is 0. The number of carbonyl (C=O) groups excluding carboxylic acids is 1. The SMILES string of the molecule is Cl.NCc1nc(C(=O)N2CCCCCCC2)cs1. The van der Waals surface area contributed by atoms with E-state index in [4.69, 9.17) is 5.73 Å². The predicted molar refractivity (Wildman–Crippen MR) is 76.2 cm³/mol. The zero-order valence-electron chi connectivity index (χ0n) is 10.4. The van der Waals surface area contributed by atoms with Gasteiger partial charge in [-0.05, 0) is 12.8 Å². The summed E-state index contributed by atoms with van der Waals surface area (Å²) in [6, 6.07) is 0. The van der Waals surface area contributed by atoms with Crippen LogP contribution in [0.15, 0.2) is 5.38 Å². The highest BCUT2D eigenvalue weighted by Crippen LogP contribution is 2.15. The largest absolute Gasteiger partial charge is 0.337 e. The number of halogens is 1. The van der Waals surface area contributed by atoms with Gasteiger partial charge in [-0.2, -0.15) is 0 Å². The summed E-state index contributed by atoms with van der Waals surface area (Å²) in [4.78, 5) is 18.4. The Morgan fingerprint density at radius 3 is 2.44 bits per heavy atom. The third kappa shape index (κ3) is 3.93. The zero-order chi connectivity index (χ0) is 12.1. The van der Waals surface area contributed by atoms with Gasteiger partial charge in [-0.1, -0.05) is 19.3 Å². The fraction of sp³-hybridized carbons (Fsp3) is 0.667. The fourth-order valence-corrected chi connectivity index (χ4v) is 2.76. The number of nitrogens with zero attached hydrogens (tertiary/aromatic N) is 2. The van der Waals surface area contributed by atoms with E-state index in [0.717, 1.165) is 30.9 Å². The van der Waals surface area contributed by atoms with Crippen LogP contribution in [0.2, 0.25) is 0 Å². The average Bonchev–Trinajstić information content (AvgIpc) is 2.76. The van der Waals surface area contributed by atoms with Gasteiger partial charge in [0.2, 0.25) is 0 Å². The Bertz CT molecular complexity index is 375. The molecule has 0 aliphatic carbocycles. The first-order valence-corrected chi connectivity index (χ1v) is 7.13. The van der Waals surface area contributed by atoms with Crippen molar-refractivity contribution in [3.8, 4) is 0 Å². The molecule has 0 unspecified atom stereocenters. The van der Waals surface area contributed by atoms with E-state index >= 15 is 0 Å². The molecule has 1 saturated heterocycles. The highest BCUT2D eigenvalue weighted by Gasteiger charge is 2.18. The van der Waals surface area contributed by atoms with Crippen LogP contribution in [0.25, 0.3) is 0 Å². The van der Waals surface area contributed by atoms with Gasteiger partial charge in [-0.25, -0.2) is 4.98 Å². The molecule has 1 aliphatic rings. The number of likely N-dealkylation sites (tertiary alicyclic amines) is 1. The molecule has 4 nitrogen and oxygen atoms in total. The van der Waals surface area contributed by atoms with Crippen LogP contribution in [0, 0.1) is 0 Å². The Kier molecular flexibility index (Phi) is 6.60. The van der Waals surface area contributed by atoms with Gasteiger partial charge in [0.05, 0.1) is 0 Å². The predicted octanol–water partition coefficient (Wildman–Crippen LogP) is 2.43. The molecule has 2 rings (SSSR count). The normalized spacial score (nSPS) is 16.6. The molecular formula is C12H20ClN3OS. The van der Waals surface area contributed by atoms with Crippen LogP contribution in [0.4, 0.5) is 0 Å². The van der Waals surface area contributed by atoms with E-state index in [1.807, 2.05) is 10.3 Å². The van der Waals surface area contributed by atoms with E-state index in [2.05, 4.69) is 4.98 Å². The molecule has 0 atom stereocenters. The lowest BCUT2D eigenvalue weighted by molar-refractivity contribution is 0.0737. The third-order valence-electron chi connectivity index (χ3n) is 3.09. The minimum atomic E-state index is 0. The molecule has 102 valence electrons. The lowest BCUT2D eigenvalue weighted by atomic mass is 10.1. The van der Waals surface area contributed by atoms with Gasteiger partial charge < -0.3 is 10.6 Å². The molecule has 2 N–H and O–H groups in total. The number of aromatic nitrogens is 1. The summed E-state index contributed by atoms with van der Waals surface area (Å²) in [5.74, 6) is 0.0721. The molecule has 2 heterocycles. The Morgan fingerprint density at radius 1 is 1.28 bits per heavy atom. The summed E-state index contributed by atoms with van der Waals surface area (Å²) >= 11 is 1.47. The lowest BCUT2D eigenvalue weighted by Gasteiger charge is -2.23. The maximum absolute atomic E-state index is 12.2. The molecule has 1 aromatic rings. The van der Waals surface area contributed by atoms with Crippen molar-refractivity contribution in [3.05, 3.63) is 16.1 Å². The quantitative estimate of drug-likeness (QED) is 0.910. The summed E-state index contributed by atoms with van der Waals surface area (Å²) in [6.45, 7) is 2.15. The molecule has 1 amide bonds. The molecular weight excluding hydrogens is 270 g/mol. The van der Waals surface area contributed by atoms with Crippen molar-refractivity contribution in [1.29, 1.82) is 0 Å². The minimum Gasteiger partial charge on any atom is -0.337 e. The molecule has 18 heavy (non-hydrogen) atoms. The van der Waals surface area contributed by atoms with Gasteiger partial charge in [0.25, 0.3) is 5.91 Å². The van der Waals surface area contributed by atoms with E-state index in [9.17, 15) is 4.79 Å². The molecule has 0 aromatic carbocycles. The number of nitrogens with two attached hydrogens (primary N) is 1. The van der Waals surface area contributed by atoms with Crippen LogP contribution in [0.1, 0.15) is 47.6 Å². The number of carbonyl (C=O) groups is 1. The molecule has 0 radical (unpaired) electrons. The number of rotatable bonds is 2. The van der Waals surface area contributed by atoms with E-state index in [-0.39, 0.29) is 18.3 Å². The van der Waals surface area contributed by atoms with Gasteiger partial charge in [-0.15, -0.1) is 23.7 Å². The maximum Gasteiger partial charge on any atom is 0.273 e. The van der Waals surface area contributed by atoms with Gasteiger partial charge in [0.15, 0.2) is 0 Å². The van der Waals surface area contributed by atoms with Crippen molar-refractivity contribution in [2.24, 2.45) is 5.73 Å². The summed E-state index contributed by atoms with van der Waals surface area (Å²) in [5, 5.41) is 2.66. The van der Waals surface area contributed by atoms with Gasteiger partial charge >= 0.3 is 0 Å². The first kappa shape index (κ1) is 15.4. The van der Waals surface area contributed by atoms with Crippen LogP contribution in [0.3, 0.4) is 0 Å². The van der Waals surface area contributed by atoms with Gasteiger partial charge in [-0.3, -0.25) is 4.79 Å². The maximum atomic E-state index is 12.2. The van der Waals surface area contributed by atoms with Crippen LogP contribution < -0.4 is 5.73 Å². The number of hydrogen-bond donors (Lipinski definition) is 1. The van der Waals surface area contributed by atoms with E-state index in [1.165, 1.54) is 30.6 Å². The van der Waals surface area contributed by atoms with Crippen molar-refractivity contribution < 1.29 is 4.79 Å². The molecule has 1 aliphatic heterocycles. The fourth-order valence-electron chi connectivity index (χ4n) is 2.12. The van der Waals surface area contributed by atoms with Gasteiger partial charge in [0, 0.05) is 25.0 Å². The Morgan fingerprint density at radius 2 is 1.89 bits per heavy atom. The topological polar surface area (TPSA) is 59.2 Å². The second kappa shape index (κ2) is 7.71. The molecule has 0 saturated carbocycles. The monoisotopic (exact) mass is 289 g/mol.